The number of carbonyl (C=O) groups is 1. The number of pyridine rings is 1. The van der Waals surface area contributed by atoms with E-state index in [0.717, 1.165) is 22.0 Å². The average molecular weight is 315 g/mol. The monoisotopic (exact) mass is 315 g/mol. The van der Waals surface area contributed by atoms with E-state index in [-0.39, 0.29) is 12.6 Å². The molecule has 118 valence electrons. The number of carbonyl (C=O) groups excluding carboxylic acids is 1. The largest absolute Gasteiger partial charge is 0.458 e. The molecule has 0 aliphatic rings. The standard InChI is InChI=1S/C21H17NO2/c23-20(24-16-6-9-17-7-2-1-3-8-17)14-13-19-11-4-10-18-12-5-15-22-21(18)19/h1-15H,16H2. The molecule has 3 rings (SSSR count). The molecule has 0 spiro atoms. The van der Waals surface area contributed by atoms with Gasteiger partial charge < -0.3 is 4.74 Å². The number of benzene rings is 2. The van der Waals surface area contributed by atoms with Crippen LogP contribution in [0.15, 0.2) is 79.0 Å². The zero-order valence-electron chi connectivity index (χ0n) is 13.1. The van der Waals surface area contributed by atoms with E-state index in [9.17, 15) is 4.79 Å². The van der Waals surface area contributed by atoms with Gasteiger partial charge in [-0.25, -0.2) is 4.79 Å². The van der Waals surface area contributed by atoms with Gasteiger partial charge in [0.15, 0.2) is 0 Å². The van der Waals surface area contributed by atoms with Crippen LogP contribution in [0.2, 0.25) is 0 Å². The average Bonchev–Trinajstić information content (AvgIpc) is 2.64. The molecule has 3 aromatic rings. The molecule has 0 unspecified atom stereocenters. The van der Waals surface area contributed by atoms with Crippen molar-refractivity contribution in [2.24, 2.45) is 0 Å². The fourth-order valence-corrected chi connectivity index (χ4v) is 2.35. The van der Waals surface area contributed by atoms with E-state index in [0.29, 0.717) is 0 Å². The number of hydrogen-bond donors (Lipinski definition) is 0. The third kappa shape index (κ3) is 4.17. The zero-order valence-corrected chi connectivity index (χ0v) is 13.1. The molecular weight excluding hydrogens is 298 g/mol. The van der Waals surface area contributed by atoms with Gasteiger partial charge in [-0.15, -0.1) is 0 Å². The fraction of sp³-hybridized carbons (Fsp3) is 0.0476. The van der Waals surface area contributed by atoms with Gasteiger partial charge in [0.05, 0.1) is 5.52 Å². The third-order valence-corrected chi connectivity index (χ3v) is 3.49. The highest BCUT2D eigenvalue weighted by Crippen LogP contribution is 2.17. The molecule has 24 heavy (non-hydrogen) atoms. The maximum atomic E-state index is 11.8. The molecule has 2 aromatic carbocycles. The number of ether oxygens (including phenoxy) is 1. The Labute approximate surface area is 140 Å². The molecular formula is C21H17NO2. The van der Waals surface area contributed by atoms with Gasteiger partial charge in [0.1, 0.15) is 6.61 Å². The molecule has 0 fully saturated rings. The normalized spacial score (nSPS) is 11.3. The minimum atomic E-state index is -0.374. The topological polar surface area (TPSA) is 39.2 Å². The minimum Gasteiger partial charge on any atom is -0.458 e. The lowest BCUT2D eigenvalue weighted by Crippen LogP contribution is -1.99. The highest BCUT2D eigenvalue weighted by Gasteiger charge is 2.00. The smallest absolute Gasteiger partial charge is 0.331 e. The number of nitrogens with zero attached hydrogens (tertiary/aromatic N) is 1. The Morgan fingerprint density at radius 1 is 0.958 bits per heavy atom. The number of hydrogen-bond acceptors (Lipinski definition) is 3. The Bertz CT molecular complexity index is 877. The lowest BCUT2D eigenvalue weighted by molar-refractivity contribution is -0.136. The molecule has 0 saturated heterocycles. The van der Waals surface area contributed by atoms with Crippen LogP contribution in [0.25, 0.3) is 23.1 Å². The molecule has 1 aromatic heterocycles. The van der Waals surface area contributed by atoms with Crippen LogP contribution in [0.4, 0.5) is 0 Å². The number of fused-ring (bicyclic) bond motifs is 1. The van der Waals surface area contributed by atoms with Crippen LogP contribution in [-0.4, -0.2) is 17.6 Å². The predicted octanol–water partition coefficient (Wildman–Crippen LogP) is 4.50. The Balaban J connectivity index is 1.58. The van der Waals surface area contributed by atoms with Gasteiger partial charge in [-0.1, -0.05) is 60.7 Å². The Kier molecular flexibility index (Phi) is 5.15. The van der Waals surface area contributed by atoms with Crippen molar-refractivity contribution in [2.45, 2.75) is 0 Å². The van der Waals surface area contributed by atoms with Gasteiger partial charge >= 0.3 is 5.97 Å². The molecule has 3 nitrogen and oxygen atoms in total. The maximum absolute atomic E-state index is 11.8. The van der Waals surface area contributed by atoms with Crippen LogP contribution in [0.1, 0.15) is 11.1 Å². The number of para-hydroxylation sites is 1. The van der Waals surface area contributed by atoms with Gasteiger partial charge in [0, 0.05) is 23.2 Å². The first-order chi connectivity index (χ1) is 11.8. The van der Waals surface area contributed by atoms with Crippen LogP contribution in [0.5, 0.6) is 0 Å². The van der Waals surface area contributed by atoms with Crippen molar-refractivity contribution in [3.63, 3.8) is 0 Å². The summed E-state index contributed by atoms with van der Waals surface area (Å²) < 4.78 is 5.16. The quantitative estimate of drug-likeness (QED) is 0.514. The van der Waals surface area contributed by atoms with E-state index in [1.807, 2.05) is 72.8 Å². The summed E-state index contributed by atoms with van der Waals surface area (Å²) >= 11 is 0. The van der Waals surface area contributed by atoms with Gasteiger partial charge in [-0.2, -0.15) is 0 Å². The molecule has 0 aliphatic heterocycles. The lowest BCUT2D eigenvalue weighted by atomic mass is 10.1. The van der Waals surface area contributed by atoms with Crippen molar-refractivity contribution in [1.82, 2.24) is 4.98 Å². The van der Waals surface area contributed by atoms with Crippen molar-refractivity contribution in [3.05, 3.63) is 90.1 Å². The van der Waals surface area contributed by atoms with Gasteiger partial charge in [0.25, 0.3) is 0 Å². The van der Waals surface area contributed by atoms with Gasteiger partial charge in [-0.05, 0) is 23.8 Å². The van der Waals surface area contributed by atoms with Crippen molar-refractivity contribution in [3.8, 4) is 0 Å². The summed E-state index contributed by atoms with van der Waals surface area (Å²) in [7, 11) is 0. The first kappa shape index (κ1) is 15.7. The summed E-state index contributed by atoms with van der Waals surface area (Å²) in [6.45, 7) is 0.242. The first-order valence-corrected chi connectivity index (χ1v) is 7.73. The molecule has 0 atom stereocenters. The second-order valence-electron chi connectivity index (χ2n) is 5.20. The van der Waals surface area contributed by atoms with Gasteiger partial charge in [-0.3, -0.25) is 4.98 Å². The molecule has 0 amide bonds. The summed E-state index contributed by atoms with van der Waals surface area (Å²) in [6.07, 6.45) is 8.65. The highest BCUT2D eigenvalue weighted by atomic mass is 16.5. The summed E-state index contributed by atoms with van der Waals surface area (Å²) in [5, 5.41) is 1.04. The van der Waals surface area contributed by atoms with Gasteiger partial charge in [0.2, 0.25) is 0 Å². The van der Waals surface area contributed by atoms with Crippen molar-refractivity contribution < 1.29 is 9.53 Å². The minimum absolute atomic E-state index is 0.242. The zero-order chi connectivity index (χ0) is 16.6. The fourth-order valence-electron chi connectivity index (χ4n) is 2.35. The molecule has 0 bridgehead atoms. The first-order valence-electron chi connectivity index (χ1n) is 7.73. The Morgan fingerprint density at radius 2 is 1.79 bits per heavy atom. The molecule has 0 aliphatic carbocycles. The van der Waals surface area contributed by atoms with Crippen LogP contribution in [-0.2, 0) is 9.53 Å². The molecule has 0 radical (unpaired) electrons. The number of esters is 1. The van der Waals surface area contributed by atoms with E-state index >= 15 is 0 Å². The lowest BCUT2D eigenvalue weighted by Gasteiger charge is -2.01. The summed E-state index contributed by atoms with van der Waals surface area (Å²) in [6, 6.07) is 19.6. The van der Waals surface area contributed by atoms with E-state index < -0.39 is 0 Å². The van der Waals surface area contributed by atoms with E-state index in [1.54, 1.807) is 12.3 Å². The molecule has 0 saturated carbocycles. The maximum Gasteiger partial charge on any atom is 0.331 e. The highest BCUT2D eigenvalue weighted by molar-refractivity contribution is 5.92. The third-order valence-electron chi connectivity index (χ3n) is 3.49. The van der Waals surface area contributed by atoms with Crippen molar-refractivity contribution in [2.75, 3.05) is 6.61 Å². The molecule has 0 N–H and O–H groups in total. The van der Waals surface area contributed by atoms with E-state index in [4.69, 9.17) is 4.74 Å². The second-order valence-corrected chi connectivity index (χ2v) is 5.20. The summed E-state index contributed by atoms with van der Waals surface area (Å²) in [5.74, 6) is -0.374. The molecule has 3 heteroatoms. The van der Waals surface area contributed by atoms with Crippen LogP contribution < -0.4 is 0 Å². The Morgan fingerprint density at radius 3 is 2.67 bits per heavy atom. The van der Waals surface area contributed by atoms with Crippen LogP contribution in [0.3, 0.4) is 0 Å². The van der Waals surface area contributed by atoms with E-state index in [2.05, 4.69) is 4.98 Å². The molecule has 1 heterocycles. The number of aromatic nitrogens is 1. The predicted molar refractivity (Wildman–Crippen MR) is 97.2 cm³/mol. The SMILES string of the molecule is O=C(C=Cc1cccc2cccnc12)OCC=Cc1ccccc1. The van der Waals surface area contributed by atoms with Crippen molar-refractivity contribution >= 4 is 29.0 Å². The second kappa shape index (κ2) is 7.88. The number of rotatable bonds is 5. The summed E-state index contributed by atoms with van der Waals surface area (Å²) in [5.41, 5.74) is 2.84. The van der Waals surface area contributed by atoms with Crippen LogP contribution >= 0.6 is 0 Å². The van der Waals surface area contributed by atoms with Crippen molar-refractivity contribution in [1.29, 1.82) is 0 Å². The van der Waals surface area contributed by atoms with E-state index in [1.165, 1.54) is 6.08 Å². The summed E-state index contributed by atoms with van der Waals surface area (Å²) in [4.78, 5) is 16.2. The Hall–Kier alpha value is -3.20. The van der Waals surface area contributed by atoms with Crippen LogP contribution in [0, 0.1) is 0 Å².